The van der Waals surface area contributed by atoms with Gasteiger partial charge in [-0.3, -0.25) is 4.79 Å². The monoisotopic (exact) mass is 262 g/mol. The fourth-order valence-corrected chi connectivity index (χ4v) is 1.87. The highest BCUT2D eigenvalue weighted by atomic mass is 16.5. The summed E-state index contributed by atoms with van der Waals surface area (Å²) in [5.74, 6) is 0.986. The van der Waals surface area contributed by atoms with Crippen LogP contribution in [-0.2, 0) is 11.3 Å². The zero-order valence-electron chi connectivity index (χ0n) is 11.4. The van der Waals surface area contributed by atoms with Gasteiger partial charge in [0, 0.05) is 31.6 Å². The SMILES string of the molecule is CNC(=O)CCCOc1ccccc1CNC1CC1. The molecule has 1 aromatic carbocycles. The van der Waals surface area contributed by atoms with Gasteiger partial charge in [0.2, 0.25) is 5.91 Å². The van der Waals surface area contributed by atoms with Gasteiger partial charge in [0.25, 0.3) is 0 Å². The molecule has 1 aliphatic rings. The zero-order valence-corrected chi connectivity index (χ0v) is 11.4. The van der Waals surface area contributed by atoms with E-state index in [0.29, 0.717) is 19.1 Å². The molecule has 0 unspecified atom stereocenters. The van der Waals surface area contributed by atoms with Gasteiger partial charge in [-0.25, -0.2) is 0 Å². The third kappa shape index (κ3) is 4.91. The predicted molar refractivity (Wildman–Crippen MR) is 75.1 cm³/mol. The first-order valence-electron chi connectivity index (χ1n) is 6.94. The number of hydrogen-bond acceptors (Lipinski definition) is 3. The zero-order chi connectivity index (χ0) is 13.5. The first-order valence-corrected chi connectivity index (χ1v) is 6.94. The molecule has 0 saturated heterocycles. The quantitative estimate of drug-likeness (QED) is 0.703. The highest BCUT2D eigenvalue weighted by Gasteiger charge is 2.20. The maximum atomic E-state index is 11.1. The van der Waals surface area contributed by atoms with E-state index in [9.17, 15) is 4.79 Å². The van der Waals surface area contributed by atoms with Gasteiger partial charge in [-0.2, -0.15) is 0 Å². The number of benzene rings is 1. The summed E-state index contributed by atoms with van der Waals surface area (Å²) in [5.41, 5.74) is 1.19. The van der Waals surface area contributed by atoms with E-state index in [0.717, 1.165) is 18.7 Å². The first-order chi connectivity index (χ1) is 9.29. The number of nitrogens with one attached hydrogen (secondary N) is 2. The maximum Gasteiger partial charge on any atom is 0.219 e. The molecule has 0 bridgehead atoms. The van der Waals surface area contributed by atoms with Crippen LogP contribution in [0.5, 0.6) is 5.75 Å². The molecule has 4 heteroatoms. The molecule has 1 amide bonds. The molecular weight excluding hydrogens is 240 g/mol. The molecule has 0 radical (unpaired) electrons. The molecule has 2 rings (SSSR count). The van der Waals surface area contributed by atoms with Crippen LogP contribution in [0.15, 0.2) is 24.3 Å². The summed E-state index contributed by atoms with van der Waals surface area (Å²) in [7, 11) is 1.65. The Balaban J connectivity index is 1.76. The minimum atomic E-state index is 0.0623. The Morgan fingerprint density at radius 2 is 2.16 bits per heavy atom. The number of carbonyl (C=O) groups is 1. The molecule has 1 aliphatic carbocycles. The summed E-state index contributed by atoms with van der Waals surface area (Å²) in [6.45, 7) is 1.43. The van der Waals surface area contributed by atoms with Crippen LogP contribution in [0.4, 0.5) is 0 Å². The third-order valence-corrected chi connectivity index (χ3v) is 3.22. The van der Waals surface area contributed by atoms with Crippen LogP contribution in [0.2, 0.25) is 0 Å². The van der Waals surface area contributed by atoms with Gasteiger partial charge in [0.15, 0.2) is 0 Å². The summed E-state index contributed by atoms with van der Waals surface area (Å²) in [6, 6.07) is 8.78. The summed E-state index contributed by atoms with van der Waals surface area (Å²) < 4.78 is 5.76. The van der Waals surface area contributed by atoms with Crippen molar-refractivity contribution in [3.63, 3.8) is 0 Å². The molecule has 4 nitrogen and oxygen atoms in total. The summed E-state index contributed by atoms with van der Waals surface area (Å²) in [5, 5.41) is 6.10. The highest BCUT2D eigenvalue weighted by molar-refractivity contribution is 5.75. The molecule has 1 saturated carbocycles. The summed E-state index contributed by atoms with van der Waals surface area (Å²) in [6.07, 6.45) is 3.83. The lowest BCUT2D eigenvalue weighted by Gasteiger charge is -2.11. The second-order valence-electron chi connectivity index (χ2n) is 4.89. The normalized spacial score (nSPS) is 14.2. The van der Waals surface area contributed by atoms with Crippen molar-refractivity contribution >= 4 is 5.91 Å². The van der Waals surface area contributed by atoms with E-state index in [-0.39, 0.29) is 5.91 Å². The smallest absolute Gasteiger partial charge is 0.219 e. The lowest BCUT2D eigenvalue weighted by atomic mass is 10.2. The fraction of sp³-hybridized carbons (Fsp3) is 0.533. The van der Waals surface area contributed by atoms with E-state index in [1.54, 1.807) is 7.05 Å². The molecule has 2 N–H and O–H groups in total. The van der Waals surface area contributed by atoms with Gasteiger partial charge in [-0.1, -0.05) is 18.2 Å². The molecule has 0 aromatic heterocycles. The largest absolute Gasteiger partial charge is 0.493 e. The molecule has 1 fully saturated rings. The van der Waals surface area contributed by atoms with Gasteiger partial charge < -0.3 is 15.4 Å². The van der Waals surface area contributed by atoms with Crippen LogP contribution in [0.25, 0.3) is 0 Å². The van der Waals surface area contributed by atoms with Crippen LogP contribution >= 0.6 is 0 Å². The molecule has 0 heterocycles. The minimum Gasteiger partial charge on any atom is -0.493 e. The van der Waals surface area contributed by atoms with Crippen molar-refractivity contribution in [2.45, 2.75) is 38.3 Å². The van der Waals surface area contributed by atoms with E-state index >= 15 is 0 Å². The lowest BCUT2D eigenvalue weighted by Crippen LogP contribution is -2.18. The maximum absolute atomic E-state index is 11.1. The van der Waals surface area contributed by atoms with E-state index in [2.05, 4.69) is 16.7 Å². The van der Waals surface area contributed by atoms with Crippen molar-refractivity contribution < 1.29 is 9.53 Å². The Bertz CT molecular complexity index is 416. The Hall–Kier alpha value is -1.55. The van der Waals surface area contributed by atoms with Gasteiger partial charge in [0.1, 0.15) is 5.75 Å². The van der Waals surface area contributed by atoms with Crippen molar-refractivity contribution in [2.75, 3.05) is 13.7 Å². The van der Waals surface area contributed by atoms with Crippen molar-refractivity contribution in [1.29, 1.82) is 0 Å². The molecule has 0 atom stereocenters. The van der Waals surface area contributed by atoms with Crippen molar-refractivity contribution in [2.24, 2.45) is 0 Å². The van der Waals surface area contributed by atoms with Crippen molar-refractivity contribution in [3.05, 3.63) is 29.8 Å². The molecular formula is C15H22N2O2. The molecule has 0 aliphatic heterocycles. The molecule has 1 aromatic rings. The second kappa shape index (κ2) is 7.14. The average Bonchev–Trinajstić information content (AvgIpc) is 3.26. The van der Waals surface area contributed by atoms with E-state index in [1.165, 1.54) is 18.4 Å². The van der Waals surface area contributed by atoms with Gasteiger partial charge >= 0.3 is 0 Å². The highest BCUT2D eigenvalue weighted by Crippen LogP contribution is 2.22. The first kappa shape index (κ1) is 13.9. The number of para-hydroxylation sites is 1. The Labute approximate surface area is 114 Å². The standard InChI is InChI=1S/C15H22N2O2/c1-16-15(18)7-4-10-19-14-6-3-2-5-12(14)11-17-13-8-9-13/h2-3,5-6,13,17H,4,7-11H2,1H3,(H,16,18). The van der Waals surface area contributed by atoms with Crippen LogP contribution in [0.1, 0.15) is 31.2 Å². The minimum absolute atomic E-state index is 0.0623. The Kier molecular flexibility index (Phi) is 5.21. The second-order valence-corrected chi connectivity index (χ2v) is 4.89. The Morgan fingerprint density at radius 3 is 2.89 bits per heavy atom. The van der Waals surface area contributed by atoms with E-state index in [1.807, 2.05) is 18.2 Å². The predicted octanol–water partition coefficient (Wildman–Crippen LogP) is 1.84. The number of ether oxygens (including phenoxy) is 1. The van der Waals surface area contributed by atoms with E-state index in [4.69, 9.17) is 4.74 Å². The topological polar surface area (TPSA) is 50.4 Å². The fourth-order valence-electron chi connectivity index (χ4n) is 1.87. The van der Waals surface area contributed by atoms with Crippen molar-refractivity contribution in [1.82, 2.24) is 10.6 Å². The van der Waals surface area contributed by atoms with Gasteiger partial charge in [0.05, 0.1) is 6.61 Å². The van der Waals surface area contributed by atoms with Crippen LogP contribution in [0.3, 0.4) is 0 Å². The van der Waals surface area contributed by atoms with Crippen LogP contribution < -0.4 is 15.4 Å². The number of carbonyl (C=O) groups excluding carboxylic acids is 1. The molecule has 19 heavy (non-hydrogen) atoms. The lowest BCUT2D eigenvalue weighted by molar-refractivity contribution is -0.120. The number of rotatable bonds is 8. The third-order valence-electron chi connectivity index (χ3n) is 3.22. The molecule has 0 spiro atoms. The van der Waals surface area contributed by atoms with Gasteiger partial charge in [-0.15, -0.1) is 0 Å². The number of amides is 1. The average molecular weight is 262 g/mol. The molecule has 104 valence electrons. The van der Waals surface area contributed by atoms with Gasteiger partial charge in [-0.05, 0) is 25.3 Å². The summed E-state index contributed by atoms with van der Waals surface area (Å²) >= 11 is 0. The van der Waals surface area contributed by atoms with Crippen LogP contribution in [-0.4, -0.2) is 25.6 Å². The number of hydrogen-bond donors (Lipinski definition) is 2. The Morgan fingerprint density at radius 1 is 1.37 bits per heavy atom. The summed E-state index contributed by atoms with van der Waals surface area (Å²) in [4.78, 5) is 11.1. The van der Waals surface area contributed by atoms with E-state index < -0.39 is 0 Å². The van der Waals surface area contributed by atoms with Crippen LogP contribution in [0, 0.1) is 0 Å². The van der Waals surface area contributed by atoms with Crippen molar-refractivity contribution in [3.8, 4) is 5.75 Å².